The molecule has 0 saturated carbocycles. The molecule has 2 aromatic rings. The molecule has 3 heterocycles. The van der Waals surface area contributed by atoms with E-state index in [-0.39, 0.29) is 24.8 Å². The average molecular weight is 692 g/mol. The SMILES string of the molecule is BrC1=C2C(=Cc3ccccc32)[C]2(S1)S[C]1(SC(Br)=C3C1=Cc1ccccc13)[Zr+2]2.[Cl-].[Cl-]. The van der Waals surface area contributed by atoms with Gasteiger partial charge in [-0.05, 0) is 0 Å². The molecule has 3 aliphatic heterocycles. The number of thioether (sulfide) groups is 3. The first-order valence-corrected chi connectivity index (χ1v) is 15.4. The molecule has 0 amide bonds. The van der Waals surface area contributed by atoms with E-state index in [1.165, 1.54) is 41.0 Å². The number of halogens is 4. The van der Waals surface area contributed by atoms with Gasteiger partial charge in [0.15, 0.2) is 0 Å². The molecule has 0 nitrogen and oxygen atoms in total. The summed E-state index contributed by atoms with van der Waals surface area (Å²) in [6, 6.07) is 17.7. The van der Waals surface area contributed by atoms with Crippen molar-refractivity contribution in [2.75, 3.05) is 0 Å². The molecule has 1 fully saturated rings. The Morgan fingerprint density at radius 1 is 0.667 bits per heavy atom. The monoisotopic (exact) mass is 688 g/mol. The van der Waals surface area contributed by atoms with E-state index in [4.69, 9.17) is 0 Å². The van der Waals surface area contributed by atoms with Gasteiger partial charge in [0.05, 0.1) is 0 Å². The van der Waals surface area contributed by atoms with E-state index in [0.717, 1.165) is 0 Å². The molecule has 0 aromatic heterocycles. The van der Waals surface area contributed by atoms with Crippen molar-refractivity contribution in [3.8, 4) is 0 Å². The molecule has 1 saturated heterocycles. The molecule has 0 radical (unpaired) electrons. The summed E-state index contributed by atoms with van der Waals surface area (Å²) in [7, 11) is 0. The van der Waals surface area contributed by atoms with Gasteiger partial charge in [-0.25, -0.2) is 0 Å². The van der Waals surface area contributed by atoms with Gasteiger partial charge in [-0.3, -0.25) is 0 Å². The summed E-state index contributed by atoms with van der Waals surface area (Å²) >= 11 is 13.4. The van der Waals surface area contributed by atoms with Crippen molar-refractivity contribution in [3.63, 3.8) is 0 Å². The predicted molar refractivity (Wildman–Crippen MR) is 129 cm³/mol. The van der Waals surface area contributed by atoms with Crippen LogP contribution < -0.4 is 24.8 Å². The van der Waals surface area contributed by atoms with Crippen LogP contribution >= 0.6 is 67.1 Å². The van der Waals surface area contributed by atoms with Crippen LogP contribution in [0.3, 0.4) is 0 Å². The van der Waals surface area contributed by atoms with Crippen LogP contribution in [-0.4, -0.2) is 3.57 Å². The van der Waals surface area contributed by atoms with Crippen LogP contribution in [0.5, 0.6) is 0 Å². The standard InChI is InChI=1S/C22H10Br2S3.2ClH.Zr/c23-19-17-13-7-3-1-5-11(13)9-15(17)21(25-19)27-22-16-10-12-6-2-4-8-14(12)18(16)20(24)26-22;;;/h1-10H;2*1H;/q;;;+2/p-2. The first kappa shape index (κ1) is 22.7. The molecule has 7 rings (SSSR count). The van der Waals surface area contributed by atoms with Gasteiger partial charge < -0.3 is 24.8 Å². The van der Waals surface area contributed by atoms with E-state index in [0.29, 0.717) is 3.57 Å². The fourth-order valence-electron chi connectivity index (χ4n) is 4.61. The number of hydrogen-bond acceptors (Lipinski definition) is 3. The zero-order valence-electron chi connectivity index (χ0n) is 15.0. The third kappa shape index (κ3) is 2.84. The van der Waals surface area contributed by atoms with E-state index in [2.05, 4.69) is 128 Å². The van der Waals surface area contributed by atoms with Gasteiger partial charge in [0.2, 0.25) is 0 Å². The van der Waals surface area contributed by atoms with Crippen molar-refractivity contribution in [1.82, 2.24) is 0 Å². The summed E-state index contributed by atoms with van der Waals surface area (Å²) in [5, 5.41) is 0. The second-order valence-corrected chi connectivity index (χ2v) is 22.1. The van der Waals surface area contributed by atoms with Crippen LogP contribution in [0.2, 0.25) is 0 Å². The molecule has 30 heavy (non-hydrogen) atoms. The zero-order valence-corrected chi connectivity index (χ0v) is 24.6. The molecular formula is C22H10Br2Cl2S3Zr. The maximum absolute atomic E-state index is 3.93. The molecule has 148 valence electrons. The second kappa shape index (κ2) is 7.70. The zero-order chi connectivity index (χ0) is 18.7. The number of fused-ring (bicyclic) bond motifs is 8. The molecule has 2 aromatic carbocycles. The Balaban J connectivity index is 0.000000963. The van der Waals surface area contributed by atoms with Gasteiger partial charge in [-0.15, -0.1) is 0 Å². The minimum Gasteiger partial charge on any atom is -1.00 e. The van der Waals surface area contributed by atoms with E-state index in [1.54, 1.807) is 11.1 Å². The van der Waals surface area contributed by atoms with Crippen molar-refractivity contribution >= 4 is 90.4 Å². The summed E-state index contributed by atoms with van der Waals surface area (Å²) in [4.78, 5) is 0. The minimum absolute atomic E-state index is 0. The van der Waals surface area contributed by atoms with Gasteiger partial charge in [0.25, 0.3) is 0 Å². The summed E-state index contributed by atoms with van der Waals surface area (Å²) < 4.78 is 3.26. The normalized spacial score (nSPS) is 28.5. The van der Waals surface area contributed by atoms with Crippen LogP contribution in [0.1, 0.15) is 22.3 Å². The Labute approximate surface area is 228 Å². The number of allylic oxidation sites excluding steroid dienone is 2. The molecular weight excluding hydrogens is 682 g/mol. The summed E-state index contributed by atoms with van der Waals surface area (Å²) in [6.07, 6.45) is 4.93. The van der Waals surface area contributed by atoms with Gasteiger partial charge in [0, 0.05) is 0 Å². The van der Waals surface area contributed by atoms with E-state index < -0.39 is 23.2 Å². The van der Waals surface area contributed by atoms with Gasteiger partial charge in [-0.2, -0.15) is 0 Å². The summed E-state index contributed by atoms with van der Waals surface area (Å²) in [5.41, 5.74) is 11.7. The fraction of sp³-hybridized carbons (Fsp3) is 0.0909. The van der Waals surface area contributed by atoms with Crippen LogP contribution in [0.25, 0.3) is 23.3 Å². The molecule has 2 unspecified atom stereocenters. The summed E-state index contributed by atoms with van der Waals surface area (Å²) in [5.74, 6) is 0. The van der Waals surface area contributed by atoms with E-state index >= 15 is 0 Å². The van der Waals surface area contributed by atoms with Gasteiger partial charge in [0.1, 0.15) is 0 Å². The van der Waals surface area contributed by atoms with Crippen LogP contribution in [0, 0.1) is 0 Å². The molecule has 2 atom stereocenters. The van der Waals surface area contributed by atoms with Crippen molar-refractivity contribution in [2.45, 2.75) is 3.57 Å². The van der Waals surface area contributed by atoms with E-state index in [1.807, 2.05) is 0 Å². The number of hydrogen-bond donors (Lipinski definition) is 0. The van der Waals surface area contributed by atoms with Crippen molar-refractivity contribution in [1.29, 1.82) is 0 Å². The van der Waals surface area contributed by atoms with Gasteiger partial charge in [-0.1, -0.05) is 0 Å². The molecule has 5 aliphatic rings. The van der Waals surface area contributed by atoms with Crippen molar-refractivity contribution < 1.29 is 48.0 Å². The Kier molecular flexibility index (Phi) is 5.81. The van der Waals surface area contributed by atoms with Crippen molar-refractivity contribution in [2.24, 2.45) is 0 Å². The third-order valence-corrected chi connectivity index (χ3v) is 19.7. The molecule has 0 N–H and O–H groups in total. The van der Waals surface area contributed by atoms with Crippen LogP contribution in [0.4, 0.5) is 0 Å². The molecule has 0 bridgehead atoms. The Hall–Kier alpha value is 0.873. The first-order valence-electron chi connectivity index (χ1n) is 8.91. The maximum atomic E-state index is 3.93. The minimum atomic E-state index is -0.797. The largest absolute Gasteiger partial charge is 1.00 e. The Morgan fingerprint density at radius 3 is 1.50 bits per heavy atom. The smallest absolute Gasteiger partial charge is 1.00 e. The predicted octanol–water partition coefficient (Wildman–Crippen LogP) is 1.95. The fourth-order valence-corrected chi connectivity index (χ4v) is 26.7. The van der Waals surface area contributed by atoms with Crippen LogP contribution in [-0.2, 0) is 23.2 Å². The first-order chi connectivity index (χ1) is 13.6. The summed E-state index contributed by atoms with van der Waals surface area (Å²) in [6.45, 7) is 0. The van der Waals surface area contributed by atoms with E-state index in [9.17, 15) is 0 Å². The van der Waals surface area contributed by atoms with Crippen LogP contribution in [0.15, 0.2) is 67.3 Å². The molecule has 2 aliphatic carbocycles. The van der Waals surface area contributed by atoms with Gasteiger partial charge >= 0.3 is 207 Å². The number of rotatable bonds is 0. The maximum Gasteiger partial charge on any atom is -1.00 e. The topological polar surface area (TPSA) is 0 Å². The molecule has 2 spiro atoms. The third-order valence-electron chi connectivity index (χ3n) is 5.78. The Bertz CT molecular complexity index is 1160. The van der Waals surface area contributed by atoms with Crippen molar-refractivity contribution in [3.05, 3.63) is 89.6 Å². The average Bonchev–Trinajstić information content (AvgIpc) is 3.36. The number of benzene rings is 2. The molecule has 8 heteroatoms. The second-order valence-electron chi connectivity index (χ2n) is 7.25. The quantitative estimate of drug-likeness (QED) is 0.415. The Morgan fingerprint density at radius 2 is 1.07 bits per heavy atom.